The Hall–Kier alpha value is -1.77. The van der Waals surface area contributed by atoms with Gasteiger partial charge in [-0.3, -0.25) is 0 Å². The summed E-state index contributed by atoms with van der Waals surface area (Å²) in [7, 11) is 0. The number of hydrogen-bond donors (Lipinski definition) is 1. The van der Waals surface area contributed by atoms with Gasteiger partial charge in [-0.2, -0.15) is 0 Å². The molecule has 20 heavy (non-hydrogen) atoms. The maximum Gasteiger partial charge on any atom is 0.150 e. The maximum atomic E-state index is 6.32. The van der Waals surface area contributed by atoms with Crippen LogP contribution in [0.3, 0.4) is 0 Å². The van der Waals surface area contributed by atoms with E-state index in [2.05, 4.69) is 16.4 Å². The highest BCUT2D eigenvalue weighted by molar-refractivity contribution is 6.44. The Bertz CT molecular complexity index is 770. The average Bonchev–Trinajstić information content (AvgIpc) is 2.46. The third-order valence-corrected chi connectivity index (χ3v) is 3.82. The molecule has 0 radical (unpaired) electrons. The molecule has 100 valence electrons. The standard InChI is InChI=1S/C16H12Cl2N2/c1-10-7-8-13-12(9-10)15(14(17)16(18)20-13)19-11-5-3-2-4-6-11/h2-9H,1H3,(H,19,20). The van der Waals surface area contributed by atoms with Crippen LogP contribution >= 0.6 is 23.2 Å². The first-order valence-corrected chi connectivity index (χ1v) is 6.98. The molecule has 0 aliphatic heterocycles. The fourth-order valence-corrected chi connectivity index (χ4v) is 2.49. The van der Waals surface area contributed by atoms with E-state index in [4.69, 9.17) is 23.2 Å². The molecule has 3 aromatic rings. The zero-order chi connectivity index (χ0) is 14.1. The Morgan fingerprint density at radius 2 is 1.75 bits per heavy atom. The van der Waals surface area contributed by atoms with E-state index in [9.17, 15) is 0 Å². The second kappa shape index (κ2) is 5.31. The lowest BCUT2D eigenvalue weighted by atomic mass is 10.1. The minimum atomic E-state index is 0.307. The second-order valence-electron chi connectivity index (χ2n) is 4.60. The topological polar surface area (TPSA) is 24.9 Å². The Morgan fingerprint density at radius 3 is 2.50 bits per heavy atom. The van der Waals surface area contributed by atoms with Crippen molar-refractivity contribution in [2.45, 2.75) is 6.92 Å². The van der Waals surface area contributed by atoms with Gasteiger partial charge >= 0.3 is 0 Å². The average molecular weight is 303 g/mol. The highest BCUT2D eigenvalue weighted by atomic mass is 35.5. The molecule has 2 nitrogen and oxygen atoms in total. The molecule has 0 saturated carbocycles. The van der Waals surface area contributed by atoms with Gasteiger partial charge in [-0.05, 0) is 31.2 Å². The zero-order valence-electron chi connectivity index (χ0n) is 10.8. The molecule has 3 rings (SSSR count). The van der Waals surface area contributed by atoms with Crippen LogP contribution in [0.15, 0.2) is 48.5 Å². The van der Waals surface area contributed by atoms with E-state index in [1.54, 1.807) is 0 Å². The highest BCUT2D eigenvalue weighted by Gasteiger charge is 2.12. The number of aryl methyl sites for hydroxylation is 1. The number of hydrogen-bond acceptors (Lipinski definition) is 2. The number of pyridine rings is 1. The van der Waals surface area contributed by atoms with E-state index < -0.39 is 0 Å². The normalized spacial score (nSPS) is 10.8. The van der Waals surface area contributed by atoms with Crippen molar-refractivity contribution in [3.63, 3.8) is 0 Å². The molecular weight excluding hydrogens is 291 g/mol. The molecule has 0 saturated heterocycles. The van der Waals surface area contributed by atoms with Crippen LogP contribution in [0.2, 0.25) is 10.2 Å². The van der Waals surface area contributed by atoms with Gasteiger partial charge < -0.3 is 5.32 Å². The van der Waals surface area contributed by atoms with Crippen molar-refractivity contribution in [1.82, 2.24) is 4.98 Å². The van der Waals surface area contributed by atoms with Crippen molar-refractivity contribution in [3.05, 3.63) is 64.3 Å². The van der Waals surface area contributed by atoms with Gasteiger partial charge in [-0.15, -0.1) is 0 Å². The molecule has 2 aromatic carbocycles. The van der Waals surface area contributed by atoms with Crippen molar-refractivity contribution in [1.29, 1.82) is 0 Å². The molecule has 0 bridgehead atoms. The minimum Gasteiger partial charge on any atom is -0.354 e. The van der Waals surface area contributed by atoms with Gasteiger partial charge in [0, 0.05) is 11.1 Å². The fraction of sp³-hybridized carbons (Fsp3) is 0.0625. The van der Waals surface area contributed by atoms with Crippen LogP contribution in [0.5, 0.6) is 0 Å². The third kappa shape index (κ3) is 2.45. The van der Waals surface area contributed by atoms with Gasteiger partial charge in [0.2, 0.25) is 0 Å². The molecule has 0 aliphatic carbocycles. The van der Waals surface area contributed by atoms with Crippen molar-refractivity contribution < 1.29 is 0 Å². The van der Waals surface area contributed by atoms with Gasteiger partial charge in [0.05, 0.1) is 11.2 Å². The fourth-order valence-electron chi connectivity index (χ4n) is 2.11. The Balaban J connectivity index is 2.22. The van der Waals surface area contributed by atoms with Crippen molar-refractivity contribution in [3.8, 4) is 0 Å². The summed E-state index contributed by atoms with van der Waals surface area (Å²) >= 11 is 12.4. The maximum absolute atomic E-state index is 6.32. The molecule has 0 amide bonds. The van der Waals surface area contributed by atoms with Crippen molar-refractivity contribution >= 4 is 45.5 Å². The van der Waals surface area contributed by atoms with Crippen molar-refractivity contribution in [2.24, 2.45) is 0 Å². The zero-order valence-corrected chi connectivity index (χ0v) is 12.3. The SMILES string of the molecule is Cc1ccc2nc(Cl)c(Cl)c(Nc3ccccc3)c2c1. The molecular formula is C16H12Cl2N2. The summed E-state index contributed by atoms with van der Waals surface area (Å²) in [6.45, 7) is 2.04. The lowest BCUT2D eigenvalue weighted by molar-refractivity contribution is 1.38. The molecule has 0 atom stereocenters. The summed E-state index contributed by atoms with van der Waals surface area (Å²) in [5.74, 6) is 0. The molecule has 0 aliphatic rings. The molecule has 1 N–H and O–H groups in total. The predicted octanol–water partition coefficient (Wildman–Crippen LogP) is 5.59. The highest BCUT2D eigenvalue weighted by Crippen LogP contribution is 2.37. The Kier molecular flexibility index (Phi) is 3.51. The number of benzene rings is 2. The van der Waals surface area contributed by atoms with E-state index in [-0.39, 0.29) is 0 Å². The van der Waals surface area contributed by atoms with E-state index >= 15 is 0 Å². The van der Waals surface area contributed by atoms with E-state index in [1.807, 2.05) is 49.4 Å². The second-order valence-corrected chi connectivity index (χ2v) is 5.34. The number of rotatable bonds is 2. The summed E-state index contributed by atoms with van der Waals surface area (Å²) in [4.78, 5) is 4.31. The molecule has 1 aromatic heterocycles. The number of nitrogens with one attached hydrogen (secondary N) is 1. The van der Waals surface area contributed by atoms with Gasteiger partial charge in [0.15, 0.2) is 0 Å². The summed E-state index contributed by atoms with van der Waals surface area (Å²) in [6.07, 6.45) is 0. The van der Waals surface area contributed by atoms with Crippen LogP contribution < -0.4 is 5.32 Å². The molecule has 0 fully saturated rings. The Labute approximate surface area is 127 Å². The van der Waals surface area contributed by atoms with Crippen LogP contribution in [-0.2, 0) is 0 Å². The van der Waals surface area contributed by atoms with E-state index in [0.717, 1.165) is 27.8 Å². The number of fused-ring (bicyclic) bond motifs is 1. The number of para-hydroxylation sites is 1. The third-order valence-electron chi connectivity index (χ3n) is 3.08. The van der Waals surface area contributed by atoms with Crippen molar-refractivity contribution in [2.75, 3.05) is 5.32 Å². The van der Waals surface area contributed by atoms with Crippen LogP contribution in [0.25, 0.3) is 10.9 Å². The van der Waals surface area contributed by atoms with Crippen LogP contribution in [0.4, 0.5) is 11.4 Å². The van der Waals surface area contributed by atoms with E-state index in [1.165, 1.54) is 0 Å². The predicted molar refractivity (Wildman–Crippen MR) is 86.2 cm³/mol. The first kappa shape index (κ1) is 13.2. The smallest absolute Gasteiger partial charge is 0.150 e. The number of anilines is 2. The first-order chi connectivity index (χ1) is 9.65. The van der Waals surface area contributed by atoms with Gasteiger partial charge in [-0.1, -0.05) is 53.0 Å². The lowest BCUT2D eigenvalue weighted by Gasteiger charge is -2.13. The number of nitrogens with zero attached hydrogens (tertiary/aromatic N) is 1. The monoisotopic (exact) mass is 302 g/mol. The molecule has 1 heterocycles. The largest absolute Gasteiger partial charge is 0.354 e. The number of aromatic nitrogens is 1. The molecule has 0 unspecified atom stereocenters. The summed E-state index contributed by atoms with van der Waals surface area (Å²) < 4.78 is 0. The minimum absolute atomic E-state index is 0.307. The summed E-state index contributed by atoms with van der Waals surface area (Å²) in [5.41, 5.74) is 3.72. The van der Waals surface area contributed by atoms with Gasteiger partial charge in [0.1, 0.15) is 10.2 Å². The summed E-state index contributed by atoms with van der Waals surface area (Å²) in [5, 5.41) is 5.03. The molecule has 4 heteroatoms. The quantitative estimate of drug-likeness (QED) is 0.624. The van der Waals surface area contributed by atoms with Crippen LogP contribution in [-0.4, -0.2) is 4.98 Å². The van der Waals surface area contributed by atoms with Crippen LogP contribution in [0, 0.1) is 6.92 Å². The lowest BCUT2D eigenvalue weighted by Crippen LogP contribution is -1.95. The van der Waals surface area contributed by atoms with E-state index in [0.29, 0.717) is 10.2 Å². The molecule has 0 spiro atoms. The Morgan fingerprint density at radius 1 is 1.00 bits per heavy atom. The van der Waals surface area contributed by atoms with Gasteiger partial charge in [-0.25, -0.2) is 4.98 Å². The number of halogens is 2. The van der Waals surface area contributed by atoms with Gasteiger partial charge in [0.25, 0.3) is 0 Å². The summed E-state index contributed by atoms with van der Waals surface area (Å²) in [6, 6.07) is 15.9. The first-order valence-electron chi connectivity index (χ1n) is 6.22. The van der Waals surface area contributed by atoms with Crippen LogP contribution in [0.1, 0.15) is 5.56 Å².